The molecule has 4 heteroatoms. The fraction of sp³-hybridized carbons (Fsp3) is 0.615. The molecule has 17 heavy (non-hydrogen) atoms. The van der Waals surface area contributed by atoms with Crippen LogP contribution in [0.15, 0.2) is 18.3 Å². The van der Waals surface area contributed by atoms with Crippen LogP contribution >= 0.6 is 0 Å². The van der Waals surface area contributed by atoms with Crippen molar-refractivity contribution in [2.24, 2.45) is 11.7 Å². The maximum atomic E-state index is 12.8. The molecule has 0 saturated carbocycles. The molecule has 3 unspecified atom stereocenters. The summed E-state index contributed by atoms with van der Waals surface area (Å²) in [7, 11) is 0. The highest BCUT2D eigenvalue weighted by molar-refractivity contribution is 5.09. The summed E-state index contributed by atoms with van der Waals surface area (Å²) in [6.45, 7) is 6.25. The van der Waals surface area contributed by atoms with Gasteiger partial charge in [-0.1, -0.05) is 6.92 Å². The lowest BCUT2D eigenvalue weighted by Crippen LogP contribution is -2.47. The smallest absolute Gasteiger partial charge is 0.141 e. The minimum Gasteiger partial charge on any atom is -0.327 e. The van der Waals surface area contributed by atoms with Gasteiger partial charge in [0, 0.05) is 25.2 Å². The van der Waals surface area contributed by atoms with Crippen LogP contribution in [-0.2, 0) is 0 Å². The number of aromatic nitrogens is 1. The molecule has 3 atom stereocenters. The highest BCUT2D eigenvalue weighted by atomic mass is 19.1. The van der Waals surface area contributed by atoms with Crippen LogP contribution in [0.25, 0.3) is 0 Å². The lowest BCUT2D eigenvalue weighted by atomic mass is 9.95. The van der Waals surface area contributed by atoms with Gasteiger partial charge in [0.2, 0.25) is 0 Å². The van der Waals surface area contributed by atoms with Crippen molar-refractivity contribution in [3.05, 3.63) is 29.8 Å². The fourth-order valence-corrected chi connectivity index (χ4v) is 2.58. The van der Waals surface area contributed by atoms with E-state index in [1.807, 2.05) is 0 Å². The summed E-state index contributed by atoms with van der Waals surface area (Å²) < 4.78 is 12.8. The predicted molar refractivity (Wildman–Crippen MR) is 65.9 cm³/mol. The summed E-state index contributed by atoms with van der Waals surface area (Å²) in [5, 5.41) is 0. The van der Waals surface area contributed by atoms with Crippen molar-refractivity contribution in [1.29, 1.82) is 0 Å². The quantitative estimate of drug-likeness (QED) is 0.855. The molecule has 1 aromatic rings. The number of halogens is 1. The Morgan fingerprint density at radius 1 is 1.47 bits per heavy atom. The van der Waals surface area contributed by atoms with Crippen molar-refractivity contribution in [3.63, 3.8) is 0 Å². The van der Waals surface area contributed by atoms with Gasteiger partial charge in [-0.05, 0) is 31.4 Å². The van der Waals surface area contributed by atoms with E-state index in [9.17, 15) is 4.39 Å². The molecule has 0 bridgehead atoms. The molecule has 1 aromatic heterocycles. The van der Waals surface area contributed by atoms with Crippen LogP contribution in [0.2, 0.25) is 0 Å². The molecule has 94 valence electrons. The topological polar surface area (TPSA) is 42.1 Å². The zero-order valence-electron chi connectivity index (χ0n) is 10.4. The summed E-state index contributed by atoms with van der Waals surface area (Å²) >= 11 is 0. The fourth-order valence-electron chi connectivity index (χ4n) is 2.58. The Morgan fingerprint density at radius 2 is 2.24 bits per heavy atom. The number of nitrogens with two attached hydrogens (primary N) is 1. The number of nitrogens with zero attached hydrogens (tertiary/aromatic N) is 2. The van der Waals surface area contributed by atoms with Gasteiger partial charge in [-0.15, -0.1) is 0 Å². The van der Waals surface area contributed by atoms with Gasteiger partial charge in [0.05, 0.1) is 11.9 Å². The van der Waals surface area contributed by atoms with Gasteiger partial charge in [-0.3, -0.25) is 9.88 Å². The Kier molecular flexibility index (Phi) is 3.74. The average Bonchev–Trinajstić information content (AvgIpc) is 2.28. The first kappa shape index (κ1) is 12.5. The average molecular weight is 237 g/mol. The SMILES string of the molecule is CC1CC(N)CN(C(C)c2ccc(F)cn2)C1. The van der Waals surface area contributed by atoms with Gasteiger partial charge in [-0.25, -0.2) is 4.39 Å². The number of pyridine rings is 1. The van der Waals surface area contributed by atoms with Crippen LogP contribution < -0.4 is 5.73 Å². The van der Waals surface area contributed by atoms with E-state index in [0.717, 1.165) is 25.2 Å². The molecular weight excluding hydrogens is 217 g/mol. The van der Waals surface area contributed by atoms with Crippen molar-refractivity contribution >= 4 is 0 Å². The molecule has 1 fully saturated rings. The first-order chi connectivity index (χ1) is 8.06. The summed E-state index contributed by atoms with van der Waals surface area (Å²) in [6.07, 6.45) is 2.36. The van der Waals surface area contributed by atoms with Crippen LogP contribution in [0, 0.1) is 11.7 Å². The molecule has 2 N–H and O–H groups in total. The molecule has 0 spiro atoms. The highest BCUT2D eigenvalue weighted by Crippen LogP contribution is 2.24. The van der Waals surface area contributed by atoms with Gasteiger partial charge < -0.3 is 5.73 Å². The third kappa shape index (κ3) is 3.01. The molecule has 1 aliphatic heterocycles. The van der Waals surface area contributed by atoms with E-state index in [0.29, 0.717) is 5.92 Å². The van der Waals surface area contributed by atoms with E-state index < -0.39 is 0 Å². The molecule has 0 aromatic carbocycles. The maximum Gasteiger partial charge on any atom is 0.141 e. The predicted octanol–water partition coefficient (Wildman–Crippen LogP) is 1.95. The first-order valence-electron chi connectivity index (χ1n) is 6.17. The van der Waals surface area contributed by atoms with Crippen molar-refractivity contribution in [3.8, 4) is 0 Å². The monoisotopic (exact) mass is 237 g/mol. The number of rotatable bonds is 2. The Morgan fingerprint density at radius 3 is 2.82 bits per heavy atom. The number of hydrogen-bond donors (Lipinski definition) is 1. The van der Waals surface area contributed by atoms with Crippen LogP contribution in [0.1, 0.15) is 32.0 Å². The summed E-state index contributed by atoms with van der Waals surface area (Å²) in [4.78, 5) is 6.48. The van der Waals surface area contributed by atoms with Gasteiger partial charge in [0.15, 0.2) is 0 Å². The molecule has 1 aliphatic rings. The molecule has 2 heterocycles. The minimum atomic E-state index is -0.287. The minimum absolute atomic E-state index is 0.199. The van der Waals surface area contributed by atoms with Crippen molar-refractivity contribution < 1.29 is 4.39 Å². The van der Waals surface area contributed by atoms with Crippen LogP contribution in [0.4, 0.5) is 4.39 Å². The molecule has 1 saturated heterocycles. The van der Waals surface area contributed by atoms with Gasteiger partial charge >= 0.3 is 0 Å². The van der Waals surface area contributed by atoms with Crippen LogP contribution in [0.3, 0.4) is 0 Å². The van der Waals surface area contributed by atoms with E-state index in [-0.39, 0.29) is 17.9 Å². The van der Waals surface area contributed by atoms with E-state index in [1.165, 1.54) is 12.3 Å². The van der Waals surface area contributed by atoms with Crippen molar-refractivity contribution in [2.75, 3.05) is 13.1 Å². The normalized spacial score (nSPS) is 28.0. The van der Waals surface area contributed by atoms with Gasteiger partial charge in [0.1, 0.15) is 5.82 Å². The molecular formula is C13H20FN3. The standard InChI is InChI=1S/C13H20FN3/c1-9-5-12(15)8-17(7-9)10(2)13-4-3-11(14)6-16-13/h3-4,6,9-10,12H,5,7-8,15H2,1-2H3. The second-order valence-electron chi connectivity index (χ2n) is 5.13. The molecule has 3 nitrogen and oxygen atoms in total. The lowest BCUT2D eigenvalue weighted by molar-refractivity contribution is 0.122. The third-order valence-electron chi connectivity index (χ3n) is 3.45. The van der Waals surface area contributed by atoms with E-state index in [1.54, 1.807) is 6.07 Å². The van der Waals surface area contributed by atoms with Crippen LogP contribution in [-0.4, -0.2) is 29.0 Å². The van der Waals surface area contributed by atoms with E-state index >= 15 is 0 Å². The number of piperidine rings is 1. The lowest BCUT2D eigenvalue weighted by Gasteiger charge is -2.38. The van der Waals surface area contributed by atoms with E-state index in [2.05, 4.69) is 23.7 Å². The molecule has 0 radical (unpaired) electrons. The summed E-state index contributed by atoms with van der Waals surface area (Å²) in [5.41, 5.74) is 6.94. The summed E-state index contributed by atoms with van der Waals surface area (Å²) in [6, 6.07) is 3.66. The summed E-state index contributed by atoms with van der Waals surface area (Å²) in [5.74, 6) is 0.325. The second-order valence-corrected chi connectivity index (χ2v) is 5.13. The zero-order valence-corrected chi connectivity index (χ0v) is 10.4. The Labute approximate surface area is 102 Å². The van der Waals surface area contributed by atoms with Gasteiger partial charge in [-0.2, -0.15) is 0 Å². The third-order valence-corrected chi connectivity index (χ3v) is 3.45. The number of hydrogen-bond acceptors (Lipinski definition) is 3. The highest BCUT2D eigenvalue weighted by Gasteiger charge is 2.26. The molecule has 0 amide bonds. The maximum absolute atomic E-state index is 12.8. The largest absolute Gasteiger partial charge is 0.327 e. The van der Waals surface area contributed by atoms with Crippen molar-refractivity contribution in [1.82, 2.24) is 9.88 Å². The Hall–Kier alpha value is -1.00. The second kappa shape index (κ2) is 5.10. The van der Waals surface area contributed by atoms with Gasteiger partial charge in [0.25, 0.3) is 0 Å². The Bertz CT molecular complexity index is 355. The molecule has 0 aliphatic carbocycles. The first-order valence-corrected chi connectivity index (χ1v) is 6.17. The molecule has 2 rings (SSSR count). The Balaban J connectivity index is 2.08. The van der Waals surface area contributed by atoms with Crippen LogP contribution in [0.5, 0.6) is 0 Å². The van der Waals surface area contributed by atoms with E-state index in [4.69, 9.17) is 5.73 Å². The number of likely N-dealkylation sites (tertiary alicyclic amines) is 1. The zero-order chi connectivity index (χ0) is 12.4. The van der Waals surface area contributed by atoms with Crippen molar-refractivity contribution in [2.45, 2.75) is 32.4 Å².